The van der Waals surface area contributed by atoms with Crippen LogP contribution >= 0.6 is 0 Å². The van der Waals surface area contributed by atoms with E-state index in [1.165, 1.54) is 0 Å². The Kier molecular flexibility index (Phi) is 7.77. The van der Waals surface area contributed by atoms with Crippen molar-refractivity contribution in [3.63, 3.8) is 0 Å². The Bertz CT molecular complexity index is 207. The van der Waals surface area contributed by atoms with E-state index in [0.717, 1.165) is 32.5 Å². The molecule has 0 aromatic carbocycles. The van der Waals surface area contributed by atoms with Crippen LogP contribution in [0, 0.1) is 0 Å². The summed E-state index contributed by atoms with van der Waals surface area (Å²) in [6.07, 6.45) is 1.94. The number of hydrogen-bond acceptors (Lipinski definition) is 5. The van der Waals surface area contributed by atoms with Crippen LogP contribution in [0.4, 0.5) is 0 Å². The summed E-state index contributed by atoms with van der Waals surface area (Å²) in [4.78, 5) is 2.22. The maximum absolute atomic E-state index is 9.99. The highest BCUT2D eigenvalue weighted by Crippen LogP contribution is 2.24. The summed E-state index contributed by atoms with van der Waals surface area (Å²) in [5, 5.41) is 9.99. The fourth-order valence-corrected chi connectivity index (χ4v) is 2.23. The van der Waals surface area contributed by atoms with Gasteiger partial charge in [-0.15, -0.1) is 0 Å². The highest BCUT2D eigenvalue weighted by atomic mass is 16.5. The van der Waals surface area contributed by atoms with Gasteiger partial charge in [-0.1, -0.05) is 13.3 Å². The molecule has 1 rings (SSSR count). The molecule has 0 spiro atoms. The van der Waals surface area contributed by atoms with E-state index in [-0.39, 0.29) is 0 Å². The highest BCUT2D eigenvalue weighted by Gasteiger charge is 2.39. The van der Waals surface area contributed by atoms with Crippen LogP contribution in [0.3, 0.4) is 0 Å². The first-order valence-electron chi connectivity index (χ1n) is 6.79. The van der Waals surface area contributed by atoms with Gasteiger partial charge in [0.2, 0.25) is 0 Å². The third-order valence-corrected chi connectivity index (χ3v) is 3.11. The Morgan fingerprint density at radius 2 is 1.67 bits per heavy atom. The molecule has 0 amide bonds. The lowest BCUT2D eigenvalue weighted by Gasteiger charge is -2.46. The van der Waals surface area contributed by atoms with Gasteiger partial charge in [0.05, 0.1) is 38.6 Å². The molecule has 1 N–H and O–H groups in total. The second-order valence-electron chi connectivity index (χ2n) is 4.90. The molecule has 0 bridgehead atoms. The number of likely N-dealkylation sites (tertiary alicyclic amines) is 1. The van der Waals surface area contributed by atoms with Crippen molar-refractivity contribution in [1.29, 1.82) is 0 Å². The molecule has 0 aromatic rings. The van der Waals surface area contributed by atoms with E-state index in [4.69, 9.17) is 14.2 Å². The molecule has 0 atom stereocenters. The monoisotopic (exact) mass is 261 g/mol. The number of nitrogens with zero attached hydrogens (tertiary/aromatic N) is 1. The first-order chi connectivity index (χ1) is 8.70. The summed E-state index contributed by atoms with van der Waals surface area (Å²) in [7, 11) is 1.66. The molecule has 108 valence electrons. The molecule has 0 radical (unpaired) electrons. The maximum atomic E-state index is 9.99. The largest absolute Gasteiger partial charge is 0.387 e. The van der Waals surface area contributed by atoms with Gasteiger partial charge in [-0.3, -0.25) is 4.90 Å². The zero-order valence-corrected chi connectivity index (χ0v) is 11.7. The Balaban J connectivity index is 1.83. The third-order valence-electron chi connectivity index (χ3n) is 3.11. The first kappa shape index (κ1) is 15.9. The van der Waals surface area contributed by atoms with Crippen LogP contribution in [0.2, 0.25) is 0 Å². The van der Waals surface area contributed by atoms with Gasteiger partial charge in [-0.25, -0.2) is 0 Å². The van der Waals surface area contributed by atoms with Gasteiger partial charge in [0, 0.05) is 26.7 Å². The molecule has 18 heavy (non-hydrogen) atoms. The van der Waals surface area contributed by atoms with Crippen molar-refractivity contribution in [2.45, 2.75) is 25.4 Å². The second-order valence-corrected chi connectivity index (χ2v) is 4.90. The van der Waals surface area contributed by atoms with E-state index >= 15 is 0 Å². The van der Waals surface area contributed by atoms with Crippen molar-refractivity contribution in [3.05, 3.63) is 0 Å². The van der Waals surface area contributed by atoms with E-state index in [1.807, 2.05) is 0 Å². The molecule has 0 unspecified atom stereocenters. The van der Waals surface area contributed by atoms with Crippen LogP contribution in [-0.4, -0.2) is 75.4 Å². The minimum atomic E-state index is -0.433. The molecule has 5 nitrogen and oxygen atoms in total. The smallest absolute Gasteiger partial charge is 0.0900 e. The van der Waals surface area contributed by atoms with Crippen molar-refractivity contribution in [2.75, 3.05) is 59.8 Å². The topological polar surface area (TPSA) is 51.2 Å². The van der Waals surface area contributed by atoms with Crippen LogP contribution < -0.4 is 0 Å². The summed E-state index contributed by atoms with van der Waals surface area (Å²) in [5.41, 5.74) is -0.433. The van der Waals surface area contributed by atoms with Gasteiger partial charge in [0.1, 0.15) is 0 Å². The second kappa shape index (κ2) is 8.82. The number of ether oxygens (including phenoxy) is 3. The number of rotatable bonds is 11. The summed E-state index contributed by atoms with van der Waals surface area (Å²) >= 11 is 0. The SMILES string of the molecule is CCCC1(O)CN(CCOCCOCCOC)C1. The number of β-amino-alcohol motifs (C(OH)–C–C–N with tert-alkyl or cyclic N) is 1. The lowest BCUT2D eigenvalue weighted by atomic mass is 9.89. The average Bonchev–Trinajstić information content (AvgIpc) is 2.30. The van der Waals surface area contributed by atoms with Gasteiger partial charge in [0.25, 0.3) is 0 Å². The molecule has 0 saturated carbocycles. The van der Waals surface area contributed by atoms with Crippen molar-refractivity contribution in [2.24, 2.45) is 0 Å². The van der Waals surface area contributed by atoms with Crippen LogP contribution in [-0.2, 0) is 14.2 Å². The summed E-state index contributed by atoms with van der Waals surface area (Å²) in [5.74, 6) is 0. The first-order valence-corrected chi connectivity index (χ1v) is 6.79. The lowest BCUT2D eigenvalue weighted by molar-refractivity contribution is -0.109. The van der Waals surface area contributed by atoms with E-state index < -0.39 is 5.60 Å². The van der Waals surface area contributed by atoms with Crippen molar-refractivity contribution < 1.29 is 19.3 Å². The molecule has 1 saturated heterocycles. The van der Waals surface area contributed by atoms with Crippen LogP contribution in [0.5, 0.6) is 0 Å². The van der Waals surface area contributed by atoms with E-state index in [9.17, 15) is 5.11 Å². The predicted octanol–water partition coefficient (Wildman–Crippen LogP) is 0.513. The third kappa shape index (κ3) is 6.11. The van der Waals surface area contributed by atoms with E-state index in [0.29, 0.717) is 33.0 Å². The minimum Gasteiger partial charge on any atom is -0.387 e. The molecular formula is C13H27NO4. The van der Waals surface area contributed by atoms with Crippen molar-refractivity contribution in [1.82, 2.24) is 4.90 Å². The zero-order chi connectivity index (χ0) is 13.3. The van der Waals surface area contributed by atoms with Crippen LogP contribution in [0.25, 0.3) is 0 Å². The van der Waals surface area contributed by atoms with Crippen molar-refractivity contribution >= 4 is 0 Å². The number of aliphatic hydroxyl groups is 1. The molecule has 5 heteroatoms. The molecule has 0 aliphatic carbocycles. The number of hydrogen-bond donors (Lipinski definition) is 1. The number of methoxy groups -OCH3 is 1. The normalized spacial score (nSPS) is 18.8. The molecular weight excluding hydrogens is 234 g/mol. The van der Waals surface area contributed by atoms with Gasteiger partial charge in [-0.2, -0.15) is 0 Å². The molecule has 1 fully saturated rings. The molecule has 1 aliphatic heterocycles. The van der Waals surface area contributed by atoms with Gasteiger partial charge in [-0.05, 0) is 6.42 Å². The summed E-state index contributed by atoms with van der Waals surface area (Å²) in [6, 6.07) is 0. The van der Waals surface area contributed by atoms with Gasteiger partial charge < -0.3 is 19.3 Å². The Hall–Kier alpha value is -0.200. The van der Waals surface area contributed by atoms with Crippen LogP contribution in [0.15, 0.2) is 0 Å². The molecule has 1 heterocycles. The van der Waals surface area contributed by atoms with Gasteiger partial charge in [0.15, 0.2) is 0 Å². The summed E-state index contributed by atoms with van der Waals surface area (Å²) in [6.45, 7) is 7.76. The molecule has 1 aliphatic rings. The van der Waals surface area contributed by atoms with Crippen LogP contribution in [0.1, 0.15) is 19.8 Å². The summed E-state index contributed by atoms with van der Waals surface area (Å²) < 4.78 is 15.6. The van der Waals surface area contributed by atoms with E-state index in [2.05, 4.69) is 11.8 Å². The molecule has 0 aromatic heterocycles. The quantitative estimate of drug-likeness (QED) is 0.549. The van der Waals surface area contributed by atoms with E-state index in [1.54, 1.807) is 7.11 Å². The zero-order valence-electron chi connectivity index (χ0n) is 11.7. The maximum Gasteiger partial charge on any atom is 0.0900 e. The minimum absolute atomic E-state index is 0.433. The lowest BCUT2D eigenvalue weighted by Crippen LogP contribution is -2.62. The fourth-order valence-electron chi connectivity index (χ4n) is 2.23. The Morgan fingerprint density at radius 3 is 2.28 bits per heavy atom. The highest BCUT2D eigenvalue weighted by molar-refractivity contribution is 4.94. The Morgan fingerprint density at radius 1 is 1.06 bits per heavy atom. The van der Waals surface area contributed by atoms with Crippen molar-refractivity contribution in [3.8, 4) is 0 Å². The van der Waals surface area contributed by atoms with Gasteiger partial charge >= 0.3 is 0 Å². The standard InChI is InChI=1S/C13H27NO4/c1-3-4-13(15)11-14(12-13)5-6-17-9-10-18-8-7-16-2/h15H,3-12H2,1-2H3. The Labute approximate surface area is 110 Å². The predicted molar refractivity (Wildman–Crippen MR) is 69.8 cm³/mol. The fraction of sp³-hybridized carbons (Fsp3) is 1.00. The average molecular weight is 261 g/mol.